The summed E-state index contributed by atoms with van der Waals surface area (Å²) < 4.78 is 0. The molecular weight excluding hydrogens is 199 g/mol. The van der Waals surface area contributed by atoms with Crippen LogP contribution in [-0.2, 0) is 0 Å². The molecule has 0 radical (unpaired) electrons. The summed E-state index contributed by atoms with van der Waals surface area (Å²) in [5.74, 6) is 0. The second kappa shape index (κ2) is 4.70. The first kappa shape index (κ1) is 10.9. The largest absolute Gasteiger partial charge is 0.274 e. The Morgan fingerprint density at radius 1 is 1.58 bits per heavy atom. The number of aromatic nitrogens is 1. The summed E-state index contributed by atoms with van der Waals surface area (Å²) >= 11 is 5.11. The van der Waals surface area contributed by atoms with Crippen LogP contribution in [0.3, 0.4) is 0 Å². The summed E-state index contributed by atoms with van der Waals surface area (Å²) in [6.07, 6.45) is 1.30. The van der Waals surface area contributed by atoms with E-state index in [1.165, 1.54) is 18.3 Å². The minimum absolute atomic E-state index is 0. The van der Waals surface area contributed by atoms with E-state index in [4.69, 9.17) is 16.9 Å². The fraction of sp³-hybridized carbons (Fsp3) is 0. The molecule has 0 saturated heterocycles. The van der Waals surface area contributed by atoms with Gasteiger partial charge in [0.25, 0.3) is 5.24 Å². The molecule has 3 nitrogen and oxygen atoms in total. The summed E-state index contributed by atoms with van der Waals surface area (Å²) in [5, 5.41) is 7.74. The monoisotopic (exact) mass is 202 g/mol. The molecule has 1 aromatic rings. The van der Waals surface area contributed by atoms with Gasteiger partial charge in [0.15, 0.2) is 0 Å². The molecule has 1 aromatic heterocycles. The lowest BCUT2D eigenvalue weighted by atomic mass is 10.3. The summed E-state index contributed by atoms with van der Waals surface area (Å²) in [6, 6.07) is 4.78. The van der Waals surface area contributed by atoms with Crippen molar-refractivity contribution in [3.63, 3.8) is 0 Å². The quantitative estimate of drug-likeness (QED) is 0.653. The zero-order chi connectivity index (χ0) is 8.27. The van der Waals surface area contributed by atoms with Gasteiger partial charge in [0, 0.05) is 6.20 Å². The highest BCUT2D eigenvalue weighted by atomic mass is 35.5. The van der Waals surface area contributed by atoms with Gasteiger partial charge in [0.2, 0.25) is 0 Å². The van der Waals surface area contributed by atoms with Crippen LogP contribution in [0, 0.1) is 11.3 Å². The molecular formula is C7H4Cl2N2O. The maximum Gasteiger partial charge on any atom is 0.270 e. The molecule has 0 aliphatic heterocycles. The number of carbonyl (C=O) groups excluding carboxylic acids is 1. The minimum Gasteiger partial charge on any atom is -0.274 e. The third kappa shape index (κ3) is 2.50. The van der Waals surface area contributed by atoms with E-state index in [1.807, 2.05) is 6.07 Å². The van der Waals surface area contributed by atoms with Crippen LogP contribution in [0.4, 0.5) is 0 Å². The molecule has 12 heavy (non-hydrogen) atoms. The number of rotatable bonds is 1. The Hall–Kier alpha value is -1.11. The first-order valence-electron chi connectivity index (χ1n) is 2.80. The molecule has 0 saturated carbocycles. The number of carbonyl (C=O) groups is 1. The number of nitriles is 1. The molecule has 62 valence electrons. The third-order valence-corrected chi connectivity index (χ3v) is 1.29. The maximum atomic E-state index is 10.5. The van der Waals surface area contributed by atoms with Crippen LogP contribution >= 0.6 is 24.0 Å². The Balaban J connectivity index is 0.00000121. The van der Waals surface area contributed by atoms with E-state index in [0.29, 0.717) is 5.56 Å². The van der Waals surface area contributed by atoms with Crippen molar-refractivity contribution in [3.8, 4) is 6.07 Å². The number of nitrogens with zero attached hydrogens (tertiary/aromatic N) is 2. The van der Waals surface area contributed by atoms with E-state index in [9.17, 15) is 4.79 Å². The predicted molar refractivity (Wildman–Crippen MR) is 46.4 cm³/mol. The van der Waals surface area contributed by atoms with Gasteiger partial charge in [-0.15, -0.1) is 12.4 Å². The standard InChI is InChI=1S/C7H3ClN2O.ClH/c8-7(11)6-2-1-5(3-9)4-10-6;/h1-2,4H;1H. The highest BCUT2D eigenvalue weighted by Crippen LogP contribution is 2.01. The third-order valence-electron chi connectivity index (χ3n) is 1.09. The highest BCUT2D eigenvalue weighted by molar-refractivity contribution is 6.67. The number of pyridine rings is 1. The normalized spacial score (nSPS) is 8.00. The Labute approximate surface area is 80.4 Å². The smallest absolute Gasteiger partial charge is 0.270 e. The molecule has 1 heterocycles. The lowest BCUT2D eigenvalue weighted by molar-refractivity contribution is 0.107. The molecule has 0 spiro atoms. The zero-order valence-corrected chi connectivity index (χ0v) is 7.39. The van der Waals surface area contributed by atoms with Crippen molar-refractivity contribution in [2.75, 3.05) is 0 Å². The van der Waals surface area contributed by atoms with Gasteiger partial charge in [-0.1, -0.05) is 0 Å². The van der Waals surface area contributed by atoms with E-state index in [0.717, 1.165) is 0 Å². The molecule has 5 heteroatoms. The molecule has 0 unspecified atom stereocenters. The van der Waals surface area contributed by atoms with Crippen LogP contribution in [0.25, 0.3) is 0 Å². The fourth-order valence-corrected chi connectivity index (χ4v) is 0.688. The van der Waals surface area contributed by atoms with Gasteiger partial charge in [-0.05, 0) is 23.7 Å². The molecule has 0 fully saturated rings. The SMILES string of the molecule is Cl.N#Cc1ccc(C(=O)Cl)nc1. The second-order valence-corrected chi connectivity index (χ2v) is 2.16. The molecule has 0 atom stereocenters. The van der Waals surface area contributed by atoms with Gasteiger partial charge in [0.1, 0.15) is 11.8 Å². The Morgan fingerprint density at radius 2 is 2.25 bits per heavy atom. The average molecular weight is 203 g/mol. The second-order valence-electron chi connectivity index (χ2n) is 1.82. The lowest BCUT2D eigenvalue weighted by Gasteiger charge is -1.90. The van der Waals surface area contributed by atoms with Gasteiger partial charge < -0.3 is 0 Å². The first-order chi connectivity index (χ1) is 5.24. The van der Waals surface area contributed by atoms with Crippen molar-refractivity contribution in [1.82, 2.24) is 4.98 Å². The first-order valence-corrected chi connectivity index (χ1v) is 3.18. The molecule has 0 aliphatic carbocycles. The van der Waals surface area contributed by atoms with Gasteiger partial charge in [0.05, 0.1) is 5.56 Å². The van der Waals surface area contributed by atoms with Crippen molar-refractivity contribution in [2.45, 2.75) is 0 Å². The van der Waals surface area contributed by atoms with E-state index in [1.54, 1.807) is 0 Å². The van der Waals surface area contributed by atoms with Crippen LogP contribution in [0.15, 0.2) is 18.3 Å². The topological polar surface area (TPSA) is 53.8 Å². The van der Waals surface area contributed by atoms with Gasteiger partial charge in [-0.2, -0.15) is 5.26 Å². The van der Waals surface area contributed by atoms with Gasteiger partial charge in [-0.3, -0.25) is 9.78 Å². The number of halogens is 2. The van der Waals surface area contributed by atoms with Crippen molar-refractivity contribution in [3.05, 3.63) is 29.6 Å². The van der Waals surface area contributed by atoms with Crippen molar-refractivity contribution in [1.29, 1.82) is 5.26 Å². The Kier molecular flexibility index (Phi) is 4.27. The van der Waals surface area contributed by atoms with E-state index >= 15 is 0 Å². The molecule has 0 amide bonds. The molecule has 0 aromatic carbocycles. The van der Waals surface area contributed by atoms with Crippen LogP contribution in [0.5, 0.6) is 0 Å². The van der Waals surface area contributed by atoms with Crippen LogP contribution in [0.2, 0.25) is 0 Å². The van der Waals surface area contributed by atoms with Crippen LogP contribution in [-0.4, -0.2) is 10.2 Å². The van der Waals surface area contributed by atoms with E-state index < -0.39 is 5.24 Å². The summed E-state index contributed by atoms with van der Waals surface area (Å²) in [6.45, 7) is 0. The predicted octanol–water partition coefficient (Wildman–Crippen LogP) is 1.75. The molecule has 1 rings (SSSR count). The highest BCUT2D eigenvalue weighted by Gasteiger charge is 2.01. The zero-order valence-electron chi connectivity index (χ0n) is 5.82. The fourth-order valence-electron chi connectivity index (χ4n) is 0.576. The summed E-state index contributed by atoms with van der Waals surface area (Å²) in [4.78, 5) is 14.1. The summed E-state index contributed by atoms with van der Waals surface area (Å²) in [7, 11) is 0. The van der Waals surface area contributed by atoms with Gasteiger partial charge in [-0.25, -0.2) is 0 Å². The van der Waals surface area contributed by atoms with Crippen LogP contribution < -0.4 is 0 Å². The average Bonchev–Trinajstić information content (AvgIpc) is 2.05. The molecule has 0 bridgehead atoms. The number of hydrogen-bond acceptors (Lipinski definition) is 3. The van der Waals surface area contributed by atoms with Crippen molar-refractivity contribution in [2.24, 2.45) is 0 Å². The van der Waals surface area contributed by atoms with E-state index in [-0.39, 0.29) is 18.1 Å². The molecule has 0 aliphatic rings. The molecule has 0 N–H and O–H groups in total. The summed E-state index contributed by atoms with van der Waals surface area (Å²) in [5.41, 5.74) is 0.567. The Bertz CT molecular complexity index is 315. The lowest BCUT2D eigenvalue weighted by Crippen LogP contribution is -1.92. The van der Waals surface area contributed by atoms with Crippen molar-refractivity contribution < 1.29 is 4.79 Å². The minimum atomic E-state index is -0.616. The Morgan fingerprint density at radius 3 is 2.58 bits per heavy atom. The van der Waals surface area contributed by atoms with Crippen molar-refractivity contribution >= 4 is 29.3 Å². The van der Waals surface area contributed by atoms with E-state index in [2.05, 4.69) is 4.98 Å². The maximum absolute atomic E-state index is 10.5. The van der Waals surface area contributed by atoms with Crippen LogP contribution in [0.1, 0.15) is 16.1 Å². The van der Waals surface area contributed by atoms with Gasteiger partial charge >= 0.3 is 0 Å². The number of hydrogen-bond donors (Lipinski definition) is 0.